The number of thioether (sulfide) groups is 1. The van der Waals surface area contributed by atoms with Gasteiger partial charge >= 0.3 is 0 Å². The van der Waals surface area contributed by atoms with E-state index in [0.29, 0.717) is 0 Å². The van der Waals surface area contributed by atoms with Crippen molar-refractivity contribution in [2.45, 2.75) is 62.5 Å². The second-order valence-electron chi connectivity index (χ2n) is 6.27. The molecule has 1 N–H and O–H groups in total. The average Bonchev–Trinajstić information content (AvgIpc) is 2.52. The normalized spacial score (nSPS) is 39.5. The Kier molecular flexibility index (Phi) is 5.84. The summed E-state index contributed by atoms with van der Waals surface area (Å²) in [6, 6.07) is 0.757. The van der Waals surface area contributed by atoms with Gasteiger partial charge in [-0.3, -0.25) is 0 Å². The Balaban J connectivity index is 1.89. The van der Waals surface area contributed by atoms with Crippen LogP contribution in [0.25, 0.3) is 0 Å². The summed E-state index contributed by atoms with van der Waals surface area (Å²) in [4.78, 5) is 2.73. The van der Waals surface area contributed by atoms with Crippen LogP contribution in [0, 0.1) is 5.92 Å². The maximum atomic E-state index is 3.57. The number of hydrogen-bond acceptors (Lipinski definition) is 3. The van der Waals surface area contributed by atoms with Crippen molar-refractivity contribution in [3.05, 3.63) is 0 Å². The van der Waals surface area contributed by atoms with E-state index in [1.54, 1.807) is 0 Å². The minimum absolute atomic E-state index is 0.757. The smallest absolute Gasteiger partial charge is 0.0149 e. The molecule has 0 spiro atoms. The van der Waals surface area contributed by atoms with Gasteiger partial charge in [-0.25, -0.2) is 0 Å². The molecule has 4 atom stereocenters. The Morgan fingerprint density at radius 2 is 1.72 bits per heavy atom. The number of nitrogens with one attached hydrogen (secondary N) is 1. The molecule has 1 aliphatic carbocycles. The highest BCUT2D eigenvalue weighted by atomic mass is 32.2. The molecule has 1 saturated heterocycles. The molecule has 106 valence electrons. The van der Waals surface area contributed by atoms with Gasteiger partial charge in [0.25, 0.3) is 0 Å². The average molecular weight is 270 g/mol. The first-order valence-corrected chi connectivity index (χ1v) is 8.68. The lowest BCUT2D eigenvalue weighted by atomic mass is 9.94. The largest absolute Gasteiger partial charge is 0.317 e. The molecule has 2 rings (SSSR count). The van der Waals surface area contributed by atoms with Crippen molar-refractivity contribution in [3.63, 3.8) is 0 Å². The molecule has 18 heavy (non-hydrogen) atoms. The summed E-state index contributed by atoms with van der Waals surface area (Å²) in [5.74, 6) is 0.875. The van der Waals surface area contributed by atoms with E-state index >= 15 is 0 Å². The van der Waals surface area contributed by atoms with Gasteiger partial charge in [0.15, 0.2) is 0 Å². The van der Waals surface area contributed by atoms with E-state index < -0.39 is 0 Å². The lowest BCUT2D eigenvalue weighted by Crippen LogP contribution is -2.46. The summed E-state index contributed by atoms with van der Waals surface area (Å²) in [7, 11) is 2.15. The summed E-state index contributed by atoms with van der Waals surface area (Å²) in [5, 5.41) is 5.20. The maximum Gasteiger partial charge on any atom is 0.0149 e. The topological polar surface area (TPSA) is 15.3 Å². The van der Waals surface area contributed by atoms with Crippen molar-refractivity contribution in [2.75, 3.05) is 26.7 Å². The minimum Gasteiger partial charge on any atom is -0.317 e. The van der Waals surface area contributed by atoms with E-state index in [9.17, 15) is 0 Å². The second kappa shape index (κ2) is 7.16. The Morgan fingerprint density at radius 1 is 1.06 bits per heavy atom. The van der Waals surface area contributed by atoms with Crippen LogP contribution in [0.4, 0.5) is 0 Å². The molecule has 1 aliphatic heterocycles. The predicted octanol–water partition coefficient (Wildman–Crippen LogP) is 2.98. The fourth-order valence-electron chi connectivity index (χ4n) is 3.75. The van der Waals surface area contributed by atoms with Crippen LogP contribution < -0.4 is 5.32 Å². The molecule has 0 aromatic rings. The van der Waals surface area contributed by atoms with Gasteiger partial charge in [0.1, 0.15) is 0 Å². The van der Waals surface area contributed by atoms with Crippen LogP contribution in [-0.2, 0) is 0 Å². The molecular formula is C15H30N2S. The van der Waals surface area contributed by atoms with Gasteiger partial charge < -0.3 is 10.2 Å². The van der Waals surface area contributed by atoms with Crippen LogP contribution in [0.1, 0.15) is 46.0 Å². The van der Waals surface area contributed by atoms with Gasteiger partial charge in [0, 0.05) is 36.2 Å². The Labute approximate surface area is 117 Å². The minimum atomic E-state index is 0.757. The SMILES string of the molecule is CNC1CCCCCC1CN1CC(C)SC(C)C1. The molecule has 2 nitrogen and oxygen atoms in total. The van der Waals surface area contributed by atoms with Crippen molar-refractivity contribution < 1.29 is 0 Å². The van der Waals surface area contributed by atoms with Crippen molar-refractivity contribution in [1.29, 1.82) is 0 Å². The molecule has 0 radical (unpaired) electrons. The molecule has 4 unspecified atom stereocenters. The number of hydrogen-bond donors (Lipinski definition) is 1. The zero-order valence-corrected chi connectivity index (χ0v) is 13.1. The first-order valence-electron chi connectivity index (χ1n) is 7.74. The van der Waals surface area contributed by atoms with Crippen LogP contribution >= 0.6 is 11.8 Å². The summed E-state index contributed by atoms with van der Waals surface area (Å²) < 4.78 is 0. The first kappa shape index (κ1) is 14.7. The molecule has 0 aromatic heterocycles. The third-order valence-electron chi connectivity index (χ3n) is 4.52. The number of nitrogens with zero attached hydrogens (tertiary/aromatic N) is 1. The third kappa shape index (κ3) is 4.14. The summed E-state index contributed by atoms with van der Waals surface area (Å²) >= 11 is 2.16. The molecule has 0 amide bonds. The lowest BCUT2D eigenvalue weighted by molar-refractivity contribution is 0.195. The number of rotatable bonds is 3. The van der Waals surface area contributed by atoms with Crippen molar-refractivity contribution in [2.24, 2.45) is 5.92 Å². The van der Waals surface area contributed by atoms with E-state index in [1.807, 2.05) is 0 Å². The van der Waals surface area contributed by atoms with Gasteiger partial charge in [-0.05, 0) is 25.8 Å². The molecular weight excluding hydrogens is 240 g/mol. The highest BCUT2D eigenvalue weighted by Crippen LogP contribution is 2.28. The van der Waals surface area contributed by atoms with Crippen LogP contribution in [0.3, 0.4) is 0 Å². The summed E-state index contributed by atoms with van der Waals surface area (Å²) in [6.07, 6.45) is 7.12. The maximum absolute atomic E-state index is 3.57. The van der Waals surface area contributed by atoms with Gasteiger partial charge in [-0.2, -0.15) is 11.8 Å². The van der Waals surface area contributed by atoms with Gasteiger partial charge in [-0.15, -0.1) is 0 Å². The molecule has 1 heterocycles. The molecule has 2 aliphatic rings. The summed E-state index contributed by atoms with van der Waals surface area (Å²) in [6.45, 7) is 8.68. The van der Waals surface area contributed by atoms with Crippen LogP contribution in [0.2, 0.25) is 0 Å². The van der Waals surface area contributed by atoms with Crippen LogP contribution in [-0.4, -0.2) is 48.1 Å². The molecule has 3 heteroatoms. The van der Waals surface area contributed by atoms with Crippen molar-refractivity contribution in [1.82, 2.24) is 10.2 Å². The molecule has 0 bridgehead atoms. The Bertz CT molecular complexity index is 237. The monoisotopic (exact) mass is 270 g/mol. The molecule has 1 saturated carbocycles. The Hall–Kier alpha value is 0.270. The predicted molar refractivity (Wildman–Crippen MR) is 82.4 cm³/mol. The first-order chi connectivity index (χ1) is 8.69. The lowest BCUT2D eigenvalue weighted by Gasteiger charge is -2.38. The second-order valence-corrected chi connectivity index (χ2v) is 8.15. The molecule has 0 aromatic carbocycles. The zero-order valence-electron chi connectivity index (χ0n) is 12.3. The van der Waals surface area contributed by atoms with E-state index in [4.69, 9.17) is 0 Å². The highest BCUT2D eigenvalue weighted by molar-refractivity contribution is 8.00. The van der Waals surface area contributed by atoms with E-state index in [2.05, 4.69) is 42.9 Å². The highest BCUT2D eigenvalue weighted by Gasteiger charge is 2.28. The van der Waals surface area contributed by atoms with Crippen LogP contribution in [0.15, 0.2) is 0 Å². The Morgan fingerprint density at radius 3 is 2.39 bits per heavy atom. The third-order valence-corrected chi connectivity index (χ3v) is 5.75. The van der Waals surface area contributed by atoms with E-state index in [-0.39, 0.29) is 0 Å². The van der Waals surface area contributed by atoms with E-state index in [1.165, 1.54) is 51.7 Å². The fourth-order valence-corrected chi connectivity index (χ4v) is 5.14. The van der Waals surface area contributed by atoms with E-state index in [0.717, 1.165) is 22.5 Å². The van der Waals surface area contributed by atoms with Crippen molar-refractivity contribution >= 4 is 11.8 Å². The van der Waals surface area contributed by atoms with Crippen LogP contribution in [0.5, 0.6) is 0 Å². The van der Waals surface area contributed by atoms with Crippen molar-refractivity contribution in [3.8, 4) is 0 Å². The fraction of sp³-hybridized carbons (Fsp3) is 1.00. The summed E-state index contributed by atoms with van der Waals surface area (Å²) in [5.41, 5.74) is 0. The van der Waals surface area contributed by atoms with Gasteiger partial charge in [0.05, 0.1) is 0 Å². The molecule has 2 fully saturated rings. The zero-order chi connectivity index (χ0) is 13.0. The standard InChI is InChI=1S/C15H30N2S/c1-12-9-17(10-13(2)18-12)11-14-7-5-4-6-8-15(14)16-3/h12-16H,4-11H2,1-3H3. The van der Waals surface area contributed by atoms with Gasteiger partial charge in [-0.1, -0.05) is 33.1 Å². The van der Waals surface area contributed by atoms with Gasteiger partial charge in [0.2, 0.25) is 0 Å². The quantitative estimate of drug-likeness (QED) is 0.794.